The van der Waals surface area contributed by atoms with Gasteiger partial charge in [-0.05, 0) is 12.5 Å². The van der Waals surface area contributed by atoms with E-state index in [0.717, 1.165) is 31.9 Å². The molecule has 0 aliphatic carbocycles. The molecule has 0 spiro atoms. The van der Waals surface area contributed by atoms with Gasteiger partial charge in [0.1, 0.15) is 6.61 Å². The molecule has 1 aromatic carbocycles. The number of ether oxygens (including phenoxy) is 1. The number of amidine groups is 1. The van der Waals surface area contributed by atoms with Gasteiger partial charge in [0, 0.05) is 13.1 Å². The van der Waals surface area contributed by atoms with Crippen LogP contribution in [0.2, 0.25) is 0 Å². The Bertz CT molecular complexity index is 428. The first kappa shape index (κ1) is 13.8. The Morgan fingerprint density at radius 3 is 2.95 bits per heavy atom. The summed E-state index contributed by atoms with van der Waals surface area (Å²) < 4.78 is 5.28. The van der Waals surface area contributed by atoms with Gasteiger partial charge in [-0.15, -0.1) is 0 Å². The molecule has 1 aliphatic heterocycles. The molecule has 104 valence electrons. The molecule has 1 heterocycles. The number of hydrogen-bond donors (Lipinski definition) is 1. The summed E-state index contributed by atoms with van der Waals surface area (Å²) in [5, 5.41) is 3.96. The predicted octanol–water partition coefficient (Wildman–Crippen LogP) is 1.12. The lowest BCUT2D eigenvalue weighted by atomic mass is 10.1. The highest BCUT2D eigenvalue weighted by Gasteiger charge is 2.11. The maximum Gasteiger partial charge on any atom is 0.153 e. The lowest BCUT2D eigenvalue weighted by molar-refractivity contribution is 0.0443. The largest absolute Gasteiger partial charge is 0.389 e. The van der Waals surface area contributed by atoms with Crippen molar-refractivity contribution in [3.05, 3.63) is 35.4 Å². The van der Waals surface area contributed by atoms with Gasteiger partial charge in [0.2, 0.25) is 0 Å². The number of nitrogens with two attached hydrogens (primary N) is 1. The Labute approximate surface area is 114 Å². The van der Waals surface area contributed by atoms with Gasteiger partial charge >= 0.3 is 0 Å². The van der Waals surface area contributed by atoms with Gasteiger partial charge in [0.15, 0.2) is 5.84 Å². The van der Waals surface area contributed by atoms with Crippen molar-refractivity contribution in [2.75, 3.05) is 32.8 Å². The number of hydrogen-bond acceptors (Lipinski definition) is 4. The molecular formula is C14H21N3O2. The van der Waals surface area contributed by atoms with Crippen molar-refractivity contribution in [2.24, 2.45) is 10.9 Å². The number of nitrogens with zero attached hydrogens (tertiary/aromatic N) is 2. The van der Waals surface area contributed by atoms with Gasteiger partial charge in [-0.1, -0.05) is 35.0 Å². The Morgan fingerprint density at radius 1 is 1.42 bits per heavy atom. The fraction of sp³-hybridized carbons (Fsp3) is 0.500. The molecule has 19 heavy (non-hydrogen) atoms. The molecule has 1 aliphatic rings. The average Bonchev–Trinajstić information content (AvgIpc) is 2.40. The highest BCUT2D eigenvalue weighted by Crippen LogP contribution is 2.05. The molecule has 2 rings (SSSR count). The molecule has 0 saturated carbocycles. The fourth-order valence-electron chi connectivity index (χ4n) is 2.01. The first-order valence-corrected chi connectivity index (χ1v) is 6.54. The molecule has 0 bridgehead atoms. The third-order valence-electron chi connectivity index (χ3n) is 2.98. The summed E-state index contributed by atoms with van der Waals surface area (Å²) in [6.45, 7) is 6.46. The van der Waals surface area contributed by atoms with E-state index >= 15 is 0 Å². The van der Waals surface area contributed by atoms with E-state index in [4.69, 9.17) is 15.3 Å². The lowest BCUT2D eigenvalue weighted by Gasteiger charge is -2.25. The van der Waals surface area contributed by atoms with Crippen LogP contribution in [0.15, 0.2) is 29.4 Å². The number of morpholine rings is 1. The molecule has 0 radical (unpaired) electrons. The van der Waals surface area contributed by atoms with Gasteiger partial charge < -0.3 is 15.3 Å². The van der Waals surface area contributed by atoms with Gasteiger partial charge in [-0.2, -0.15) is 0 Å². The second-order valence-corrected chi connectivity index (χ2v) is 4.73. The van der Waals surface area contributed by atoms with E-state index in [9.17, 15) is 0 Å². The van der Waals surface area contributed by atoms with E-state index in [-0.39, 0.29) is 0 Å². The summed E-state index contributed by atoms with van der Waals surface area (Å²) in [4.78, 5) is 7.49. The normalized spacial score (nSPS) is 17.4. The zero-order chi connectivity index (χ0) is 13.5. The first-order valence-electron chi connectivity index (χ1n) is 6.54. The molecule has 0 unspecified atom stereocenters. The van der Waals surface area contributed by atoms with Crippen LogP contribution in [0, 0.1) is 6.92 Å². The number of aryl methyl sites for hydroxylation is 1. The molecule has 0 atom stereocenters. The van der Waals surface area contributed by atoms with Crippen LogP contribution in [0.4, 0.5) is 0 Å². The van der Waals surface area contributed by atoms with E-state index < -0.39 is 0 Å². The zero-order valence-corrected chi connectivity index (χ0v) is 11.3. The molecule has 5 heteroatoms. The number of oxime groups is 1. The Hall–Kier alpha value is -1.59. The number of benzene rings is 1. The highest BCUT2D eigenvalue weighted by atomic mass is 16.6. The SMILES string of the molecule is Cc1cccc(CON=C(N)CN2CCOCC2)c1. The summed E-state index contributed by atoms with van der Waals surface area (Å²) in [6.07, 6.45) is 0. The van der Waals surface area contributed by atoms with Crippen LogP contribution < -0.4 is 5.73 Å². The van der Waals surface area contributed by atoms with E-state index in [1.807, 2.05) is 12.1 Å². The fourth-order valence-corrected chi connectivity index (χ4v) is 2.01. The van der Waals surface area contributed by atoms with Gasteiger partial charge in [-0.3, -0.25) is 4.90 Å². The van der Waals surface area contributed by atoms with Crippen LogP contribution in [0.5, 0.6) is 0 Å². The van der Waals surface area contributed by atoms with Gasteiger partial charge in [-0.25, -0.2) is 0 Å². The topological polar surface area (TPSA) is 60.1 Å². The Kier molecular flexibility index (Phi) is 5.18. The summed E-state index contributed by atoms with van der Waals surface area (Å²) in [5.74, 6) is 0.509. The van der Waals surface area contributed by atoms with Crippen molar-refractivity contribution in [1.82, 2.24) is 4.90 Å². The molecule has 2 N–H and O–H groups in total. The van der Waals surface area contributed by atoms with Crippen molar-refractivity contribution in [3.63, 3.8) is 0 Å². The first-order chi connectivity index (χ1) is 9.24. The van der Waals surface area contributed by atoms with Crippen LogP contribution in [-0.2, 0) is 16.2 Å². The maximum atomic E-state index is 5.84. The summed E-state index contributed by atoms with van der Waals surface area (Å²) >= 11 is 0. The van der Waals surface area contributed by atoms with Crippen LogP contribution in [0.3, 0.4) is 0 Å². The van der Waals surface area contributed by atoms with Crippen molar-refractivity contribution < 1.29 is 9.57 Å². The molecular weight excluding hydrogens is 242 g/mol. The van der Waals surface area contributed by atoms with Crippen LogP contribution in [0.25, 0.3) is 0 Å². The minimum absolute atomic E-state index is 0.450. The maximum absolute atomic E-state index is 5.84. The minimum atomic E-state index is 0.450. The van der Waals surface area contributed by atoms with Crippen molar-refractivity contribution in [1.29, 1.82) is 0 Å². The molecule has 1 fully saturated rings. The number of rotatable bonds is 5. The molecule has 1 aromatic rings. The molecule has 0 amide bonds. The van der Waals surface area contributed by atoms with Gasteiger partial charge in [0.25, 0.3) is 0 Å². The van der Waals surface area contributed by atoms with E-state index in [0.29, 0.717) is 19.0 Å². The van der Waals surface area contributed by atoms with E-state index in [2.05, 4.69) is 29.1 Å². The monoisotopic (exact) mass is 263 g/mol. The molecule has 0 aromatic heterocycles. The third kappa shape index (κ3) is 4.89. The van der Waals surface area contributed by atoms with Crippen molar-refractivity contribution in [3.8, 4) is 0 Å². The Morgan fingerprint density at radius 2 is 2.21 bits per heavy atom. The van der Waals surface area contributed by atoms with Crippen molar-refractivity contribution in [2.45, 2.75) is 13.5 Å². The van der Waals surface area contributed by atoms with Crippen LogP contribution in [0.1, 0.15) is 11.1 Å². The second-order valence-electron chi connectivity index (χ2n) is 4.73. The second kappa shape index (κ2) is 7.11. The summed E-state index contributed by atoms with van der Waals surface area (Å²) in [6, 6.07) is 8.16. The quantitative estimate of drug-likeness (QED) is 0.491. The lowest BCUT2D eigenvalue weighted by Crippen LogP contribution is -2.41. The smallest absolute Gasteiger partial charge is 0.153 e. The van der Waals surface area contributed by atoms with E-state index in [1.165, 1.54) is 5.56 Å². The van der Waals surface area contributed by atoms with Crippen LogP contribution in [-0.4, -0.2) is 43.6 Å². The standard InChI is InChI=1S/C14H21N3O2/c1-12-3-2-4-13(9-12)11-19-16-14(15)10-17-5-7-18-8-6-17/h2-4,9H,5-8,10-11H2,1H3,(H2,15,16). The predicted molar refractivity (Wildman–Crippen MR) is 74.8 cm³/mol. The van der Waals surface area contributed by atoms with Gasteiger partial charge in [0.05, 0.1) is 19.8 Å². The summed E-state index contributed by atoms with van der Waals surface area (Å²) in [7, 11) is 0. The van der Waals surface area contributed by atoms with Crippen LogP contribution >= 0.6 is 0 Å². The molecule has 1 saturated heterocycles. The highest BCUT2D eigenvalue weighted by molar-refractivity contribution is 5.81. The zero-order valence-electron chi connectivity index (χ0n) is 11.3. The Balaban J connectivity index is 1.75. The van der Waals surface area contributed by atoms with Crippen molar-refractivity contribution >= 4 is 5.84 Å². The average molecular weight is 263 g/mol. The third-order valence-corrected chi connectivity index (χ3v) is 2.98. The van der Waals surface area contributed by atoms with E-state index in [1.54, 1.807) is 0 Å². The molecule has 5 nitrogen and oxygen atoms in total. The minimum Gasteiger partial charge on any atom is -0.389 e. The summed E-state index contributed by atoms with van der Waals surface area (Å²) in [5.41, 5.74) is 8.16.